The monoisotopic (exact) mass is 309 g/mol. The molecule has 1 aromatic heterocycles. The first-order valence-electron chi connectivity index (χ1n) is 6.71. The third-order valence-corrected chi connectivity index (χ3v) is 4.57. The predicted molar refractivity (Wildman–Crippen MR) is 80.8 cm³/mol. The van der Waals surface area contributed by atoms with Gasteiger partial charge in [0.2, 0.25) is 10.0 Å². The highest BCUT2D eigenvalue weighted by Crippen LogP contribution is 2.22. The number of nitrogen functional groups attached to an aromatic ring is 1. The number of sulfonamides is 1. The smallest absolute Gasteiger partial charge is 0.240 e. The summed E-state index contributed by atoms with van der Waals surface area (Å²) in [5.74, 6) is 1.45. The second kappa shape index (κ2) is 5.82. The maximum atomic E-state index is 11.9. The van der Waals surface area contributed by atoms with Crippen LogP contribution < -0.4 is 10.5 Å². The Kier molecular flexibility index (Phi) is 4.29. The first kappa shape index (κ1) is 15.5. The summed E-state index contributed by atoms with van der Waals surface area (Å²) >= 11 is 0. The van der Waals surface area contributed by atoms with Crippen LogP contribution in [0.25, 0.3) is 5.69 Å². The van der Waals surface area contributed by atoms with Gasteiger partial charge in [0.05, 0.1) is 16.3 Å². The van der Waals surface area contributed by atoms with E-state index in [0.29, 0.717) is 30.0 Å². The number of nitrogens with zero attached hydrogens (tertiary/aromatic N) is 3. The van der Waals surface area contributed by atoms with Gasteiger partial charge in [0.25, 0.3) is 0 Å². The van der Waals surface area contributed by atoms with E-state index in [2.05, 4.69) is 14.8 Å². The summed E-state index contributed by atoms with van der Waals surface area (Å²) in [7, 11) is -2.16. The maximum absolute atomic E-state index is 11.9. The second-order valence-corrected chi connectivity index (χ2v) is 6.38. The van der Waals surface area contributed by atoms with Crippen molar-refractivity contribution in [1.29, 1.82) is 0 Å². The third kappa shape index (κ3) is 2.91. The van der Waals surface area contributed by atoms with Crippen molar-refractivity contribution in [2.24, 2.45) is 0 Å². The molecule has 0 saturated heterocycles. The fraction of sp³-hybridized carbons (Fsp3) is 0.385. The second-order valence-electron chi connectivity index (χ2n) is 4.49. The van der Waals surface area contributed by atoms with Crippen LogP contribution in [0, 0.1) is 0 Å². The summed E-state index contributed by atoms with van der Waals surface area (Å²) in [5.41, 5.74) is 6.95. The van der Waals surface area contributed by atoms with Gasteiger partial charge in [-0.15, -0.1) is 0 Å². The first-order valence-corrected chi connectivity index (χ1v) is 8.19. The zero-order valence-electron chi connectivity index (χ0n) is 12.3. The van der Waals surface area contributed by atoms with E-state index in [-0.39, 0.29) is 4.90 Å². The molecule has 114 valence electrons. The van der Waals surface area contributed by atoms with Crippen molar-refractivity contribution in [2.75, 3.05) is 12.8 Å². The zero-order chi connectivity index (χ0) is 15.6. The van der Waals surface area contributed by atoms with Crippen LogP contribution in [-0.4, -0.2) is 30.2 Å². The molecule has 0 bridgehead atoms. The number of aryl methyl sites for hydroxylation is 2. The van der Waals surface area contributed by atoms with Crippen LogP contribution in [0.15, 0.2) is 23.1 Å². The van der Waals surface area contributed by atoms with Crippen LogP contribution in [-0.2, 0) is 22.9 Å². The normalized spacial score (nSPS) is 11.8. The van der Waals surface area contributed by atoms with E-state index in [4.69, 9.17) is 5.73 Å². The van der Waals surface area contributed by atoms with Gasteiger partial charge in [-0.2, -0.15) is 5.10 Å². The maximum Gasteiger partial charge on any atom is 0.240 e. The lowest BCUT2D eigenvalue weighted by Gasteiger charge is -2.10. The number of nitrogens with two attached hydrogens (primary N) is 1. The highest BCUT2D eigenvalue weighted by atomic mass is 32.2. The Hall–Kier alpha value is -1.93. The summed E-state index contributed by atoms with van der Waals surface area (Å²) in [6.07, 6.45) is 1.38. The van der Waals surface area contributed by atoms with E-state index in [9.17, 15) is 8.42 Å². The van der Waals surface area contributed by atoms with Crippen molar-refractivity contribution < 1.29 is 8.42 Å². The van der Waals surface area contributed by atoms with Gasteiger partial charge in [0.15, 0.2) is 5.82 Å². The van der Waals surface area contributed by atoms with E-state index in [0.717, 1.165) is 5.82 Å². The highest BCUT2D eigenvalue weighted by molar-refractivity contribution is 7.89. The number of hydrogen-bond donors (Lipinski definition) is 2. The lowest BCUT2D eigenvalue weighted by atomic mass is 10.2. The Balaban J connectivity index is 2.64. The number of aromatic nitrogens is 3. The molecule has 8 heteroatoms. The Morgan fingerprint density at radius 3 is 2.57 bits per heavy atom. The van der Waals surface area contributed by atoms with Gasteiger partial charge in [-0.1, -0.05) is 13.8 Å². The summed E-state index contributed by atoms with van der Waals surface area (Å²) < 4.78 is 27.7. The van der Waals surface area contributed by atoms with Crippen LogP contribution in [0.5, 0.6) is 0 Å². The van der Waals surface area contributed by atoms with Crippen LogP contribution in [0.2, 0.25) is 0 Å². The predicted octanol–water partition coefficient (Wildman–Crippen LogP) is 0.882. The standard InChI is InChI=1S/C13H19N5O2S/c1-4-12-16-13(5-2)18(17-12)11-8-9(6-7-10(11)14)21(19,20)15-3/h6-8,15H,4-5,14H2,1-3H3. The van der Waals surface area contributed by atoms with Crippen LogP contribution in [0.4, 0.5) is 5.69 Å². The van der Waals surface area contributed by atoms with Crippen LogP contribution in [0.1, 0.15) is 25.5 Å². The molecule has 21 heavy (non-hydrogen) atoms. The molecule has 0 fully saturated rings. The minimum absolute atomic E-state index is 0.143. The molecule has 0 aliphatic rings. The minimum Gasteiger partial charge on any atom is -0.397 e. The number of anilines is 1. The molecule has 7 nitrogen and oxygen atoms in total. The van der Waals surface area contributed by atoms with Gasteiger partial charge in [0.1, 0.15) is 5.82 Å². The van der Waals surface area contributed by atoms with Crippen molar-refractivity contribution in [3.8, 4) is 5.69 Å². The van der Waals surface area contributed by atoms with E-state index >= 15 is 0 Å². The van der Waals surface area contributed by atoms with Crippen molar-refractivity contribution in [1.82, 2.24) is 19.5 Å². The van der Waals surface area contributed by atoms with E-state index in [1.807, 2.05) is 13.8 Å². The average Bonchev–Trinajstić information content (AvgIpc) is 2.90. The zero-order valence-corrected chi connectivity index (χ0v) is 13.1. The van der Waals surface area contributed by atoms with Gasteiger partial charge >= 0.3 is 0 Å². The molecule has 1 heterocycles. The van der Waals surface area contributed by atoms with E-state index in [1.54, 1.807) is 10.7 Å². The molecule has 0 aliphatic heterocycles. The molecule has 0 saturated carbocycles. The lowest BCUT2D eigenvalue weighted by Crippen LogP contribution is -2.19. The Morgan fingerprint density at radius 1 is 1.29 bits per heavy atom. The molecule has 0 aliphatic carbocycles. The Bertz CT molecular complexity index is 752. The van der Waals surface area contributed by atoms with Crippen molar-refractivity contribution in [3.63, 3.8) is 0 Å². The number of nitrogens with one attached hydrogen (secondary N) is 1. The first-order chi connectivity index (χ1) is 9.92. The average molecular weight is 309 g/mol. The SMILES string of the molecule is CCc1nc(CC)n(-c2cc(S(=O)(=O)NC)ccc2N)n1. The van der Waals surface area contributed by atoms with E-state index in [1.165, 1.54) is 19.2 Å². The molecule has 1 aromatic carbocycles. The molecule has 2 rings (SSSR count). The molecule has 0 radical (unpaired) electrons. The molecule has 0 atom stereocenters. The summed E-state index contributed by atoms with van der Waals surface area (Å²) in [4.78, 5) is 4.55. The van der Waals surface area contributed by atoms with Crippen LogP contribution >= 0.6 is 0 Å². The molecular weight excluding hydrogens is 290 g/mol. The summed E-state index contributed by atoms with van der Waals surface area (Å²) in [5, 5.41) is 4.39. The largest absolute Gasteiger partial charge is 0.397 e. The molecule has 0 spiro atoms. The Morgan fingerprint density at radius 2 is 2.00 bits per heavy atom. The summed E-state index contributed by atoms with van der Waals surface area (Å²) in [6, 6.07) is 4.54. The fourth-order valence-corrected chi connectivity index (χ4v) is 2.70. The van der Waals surface area contributed by atoms with Crippen LogP contribution in [0.3, 0.4) is 0 Å². The Labute approximate surface area is 124 Å². The highest BCUT2D eigenvalue weighted by Gasteiger charge is 2.17. The summed E-state index contributed by atoms with van der Waals surface area (Å²) in [6.45, 7) is 3.93. The molecule has 3 N–H and O–H groups in total. The fourth-order valence-electron chi connectivity index (χ4n) is 1.96. The topological polar surface area (TPSA) is 103 Å². The van der Waals surface area contributed by atoms with Crippen molar-refractivity contribution in [3.05, 3.63) is 29.8 Å². The van der Waals surface area contributed by atoms with Gasteiger partial charge in [-0.3, -0.25) is 0 Å². The molecule has 2 aromatic rings. The molecule has 0 amide bonds. The van der Waals surface area contributed by atoms with Gasteiger partial charge < -0.3 is 5.73 Å². The number of rotatable bonds is 5. The van der Waals surface area contributed by atoms with Crippen molar-refractivity contribution in [2.45, 2.75) is 31.6 Å². The molecular formula is C13H19N5O2S. The van der Waals surface area contributed by atoms with E-state index < -0.39 is 10.0 Å². The minimum atomic E-state index is -3.53. The molecule has 0 unspecified atom stereocenters. The van der Waals surface area contributed by atoms with Crippen molar-refractivity contribution >= 4 is 15.7 Å². The van der Waals surface area contributed by atoms with Gasteiger partial charge in [0, 0.05) is 12.8 Å². The third-order valence-electron chi connectivity index (χ3n) is 3.16. The lowest BCUT2D eigenvalue weighted by molar-refractivity contribution is 0.588. The number of hydrogen-bond acceptors (Lipinski definition) is 5. The number of benzene rings is 1. The quantitative estimate of drug-likeness (QED) is 0.798. The van der Waals surface area contributed by atoms with Gasteiger partial charge in [-0.05, 0) is 25.2 Å². The van der Waals surface area contributed by atoms with Gasteiger partial charge in [-0.25, -0.2) is 22.8 Å².